The third-order valence-electron chi connectivity index (χ3n) is 2.68. The van der Waals surface area contributed by atoms with Crippen molar-refractivity contribution < 1.29 is 9.59 Å². The maximum Gasteiger partial charge on any atom is 0.329 e. The fourth-order valence-electron chi connectivity index (χ4n) is 1.61. The Morgan fingerprint density at radius 1 is 0.905 bits per heavy atom. The molecule has 0 unspecified atom stereocenters. The Hall–Kier alpha value is -2.95. The van der Waals surface area contributed by atoms with Gasteiger partial charge in [0, 0.05) is 6.54 Å². The lowest BCUT2D eigenvalue weighted by molar-refractivity contribution is -0.139. The summed E-state index contributed by atoms with van der Waals surface area (Å²) in [5, 5.41) is 6.25. The van der Waals surface area contributed by atoms with Crippen LogP contribution in [0.3, 0.4) is 0 Å². The van der Waals surface area contributed by atoms with Crippen LogP contribution >= 0.6 is 0 Å². The largest absolute Gasteiger partial charge is 0.344 e. The highest BCUT2D eigenvalue weighted by Gasteiger charge is 2.11. The second kappa shape index (κ2) is 7.59. The Balaban J connectivity index is 1.78. The van der Waals surface area contributed by atoms with Gasteiger partial charge in [-0.15, -0.1) is 0 Å². The monoisotopic (exact) mass is 281 g/mol. The molecule has 2 rings (SSSR count). The third kappa shape index (κ3) is 4.91. The zero-order chi connectivity index (χ0) is 14.9. The summed E-state index contributed by atoms with van der Waals surface area (Å²) in [5.74, 6) is -1.51. The van der Waals surface area contributed by atoms with Crippen LogP contribution in [0.2, 0.25) is 0 Å². The van der Waals surface area contributed by atoms with Crippen LogP contribution in [0.1, 0.15) is 11.1 Å². The summed E-state index contributed by atoms with van der Waals surface area (Å²) in [4.78, 5) is 23.1. The van der Waals surface area contributed by atoms with Crippen molar-refractivity contribution in [1.29, 1.82) is 0 Å². The van der Waals surface area contributed by atoms with Gasteiger partial charge in [-0.05, 0) is 11.1 Å². The molecule has 0 heterocycles. The van der Waals surface area contributed by atoms with E-state index in [-0.39, 0.29) is 0 Å². The average molecular weight is 281 g/mol. The van der Waals surface area contributed by atoms with E-state index in [2.05, 4.69) is 15.8 Å². The number of hydrazone groups is 1. The molecule has 5 heteroatoms. The van der Waals surface area contributed by atoms with E-state index in [1.165, 1.54) is 6.21 Å². The van der Waals surface area contributed by atoms with Gasteiger partial charge in [-0.1, -0.05) is 60.7 Å². The predicted molar refractivity (Wildman–Crippen MR) is 80.5 cm³/mol. The molecule has 0 fully saturated rings. The summed E-state index contributed by atoms with van der Waals surface area (Å²) in [6.07, 6.45) is 1.47. The van der Waals surface area contributed by atoms with E-state index in [1.807, 2.05) is 60.7 Å². The van der Waals surface area contributed by atoms with Gasteiger partial charge in [-0.3, -0.25) is 9.59 Å². The van der Waals surface area contributed by atoms with Gasteiger partial charge in [0.25, 0.3) is 0 Å². The van der Waals surface area contributed by atoms with Crippen molar-refractivity contribution in [2.24, 2.45) is 5.10 Å². The molecule has 0 aliphatic heterocycles. The molecule has 0 aliphatic carbocycles. The highest BCUT2D eigenvalue weighted by Crippen LogP contribution is 1.97. The van der Waals surface area contributed by atoms with Crippen LogP contribution in [-0.4, -0.2) is 18.0 Å². The molecule has 0 aromatic heterocycles. The van der Waals surface area contributed by atoms with E-state index in [1.54, 1.807) is 0 Å². The lowest BCUT2D eigenvalue weighted by Crippen LogP contribution is -2.37. The van der Waals surface area contributed by atoms with E-state index >= 15 is 0 Å². The molecule has 21 heavy (non-hydrogen) atoms. The van der Waals surface area contributed by atoms with Gasteiger partial charge in [0.05, 0.1) is 6.21 Å². The molecule has 0 aliphatic rings. The molecule has 2 amide bonds. The molecule has 0 saturated heterocycles. The van der Waals surface area contributed by atoms with Crippen LogP contribution in [0.4, 0.5) is 0 Å². The van der Waals surface area contributed by atoms with Crippen LogP contribution in [0.15, 0.2) is 65.8 Å². The summed E-state index contributed by atoms with van der Waals surface area (Å²) in [5.41, 5.74) is 3.94. The molecule has 5 nitrogen and oxygen atoms in total. The van der Waals surface area contributed by atoms with Crippen molar-refractivity contribution in [2.45, 2.75) is 6.54 Å². The van der Waals surface area contributed by atoms with Crippen LogP contribution in [-0.2, 0) is 16.1 Å². The van der Waals surface area contributed by atoms with E-state index in [4.69, 9.17) is 0 Å². The number of hydrogen-bond acceptors (Lipinski definition) is 3. The van der Waals surface area contributed by atoms with E-state index in [0.29, 0.717) is 6.54 Å². The zero-order valence-corrected chi connectivity index (χ0v) is 11.3. The Morgan fingerprint density at radius 2 is 1.52 bits per heavy atom. The van der Waals surface area contributed by atoms with Crippen molar-refractivity contribution >= 4 is 18.0 Å². The van der Waals surface area contributed by atoms with Crippen molar-refractivity contribution in [3.8, 4) is 0 Å². The molecular weight excluding hydrogens is 266 g/mol. The second-order valence-corrected chi connectivity index (χ2v) is 4.28. The molecule has 0 bridgehead atoms. The fourth-order valence-corrected chi connectivity index (χ4v) is 1.61. The summed E-state index contributed by atoms with van der Waals surface area (Å²) in [6.45, 7) is 0.301. The second-order valence-electron chi connectivity index (χ2n) is 4.28. The standard InChI is InChI=1S/C16H15N3O2/c20-15(17-11-13-7-3-1-4-8-13)16(21)19-18-12-14-9-5-2-6-10-14/h1-10,12H,11H2,(H,17,20)(H,19,21)/b18-12+. The van der Waals surface area contributed by atoms with Crippen LogP contribution in [0.5, 0.6) is 0 Å². The minimum atomic E-state index is -0.793. The number of carbonyl (C=O) groups excluding carboxylic acids is 2. The normalized spacial score (nSPS) is 10.3. The first-order chi connectivity index (χ1) is 10.3. The first-order valence-corrected chi connectivity index (χ1v) is 6.46. The molecule has 106 valence electrons. The number of hydrogen-bond donors (Lipinski definition) is 2. The van der Waals surface area contributed by atoms with Gasteiger partial charge in [0.2, 0.25) is 0 Å². The number of carbonyl (C=O) groups is 2. The van der Waals surface area contributed by atoms with E-state index < -0.39 is 11.8 Å². The number of amides is 2. The number of benzene rings is 2. The SMILES string of the molecule is O=C(NCc1ccccc1)C(=O)N/N=C/c1ccccc1. The topological polar surface area (TPSA) is 70.6 Å². The first kappa shape index (κ1) is 14.5. The molecule has 0 saturated carbocycles. The molecule has 2 aromatic carbocycles. The van der Waals surface area contributed by atoms with Crippen molar-refractivity contribution in [3.05, 3.63) is 71.8 Å². The number of nitrogens with one attached hydrogen (secondary N) is 2. The lowest BCUT2D eigenvalue weighted by atomic mass is 10.2. The maximum atomic E-state index is 11.6. The highest BCUT2D eigenvalue weighted by atomic mass is 16.2. The zero-order valence-electron chi connectivity index (χ0n) is 11.3. The smallest absolute Gasteiger partial charge is 0.329 e. The van der Waals surface area contributed by atoms with Crippen LogP contribution in [0.25, 0.3) is 0 Å². The summed E-state index contributed by atoms with van der Waals surface area (Å²) in [7, 11) is 0. The van der Waals surface area contributed by atoms with Crippen molar-refractivity contribution in [2.75, 3.05) is 0 Å². The molecular formula is C16H15N3O2. The van der Waals surface area contributed by atoms with Gasteiger partial charge < -0.3 is 5.32 Å². The summed E-state index contributed by atoms with van der Waals surface area (Å²) >= 11 is 0. The Bertz CT molecular complexity index is 624. The fraction of sp³-hybridized carbons (Fsp3) is 0.0625. The predicted octanol–water partition coefficient (Wildman–Crippen LogP) is 1.45. The average Bonchev–Trinajstić information content (AvgIpc) is 2.54. The highest BCUT2D eigenvalue weighted by molar-refractivity contribution is 6.35. The number of nitrogens with zero attached hydrogens (tertiary/aromatic N) is 1. The summed E-state index contributed by atoms with van der Waals surface area (Å²) in [6, 6.07) is 18.6. The van der Waals surface area contributed by atoms with Crippen LogP contribution in [0, 0.1) is 0 Å². The Morgan fingerprint density at radius 3 is 2.19 bits per heavy atom. The quantitative estimate of drug-likeness (QED) is 0.506. The summed E-state index contributed by atoms with van der Waals surface area (Å²) < 4.78 is 0. The van der Waals surface area contributed by atoms with Gasteiger partial charge >= 0.3 is 11.8 Å². The Kier molecular flexibility index (Phi) is 5.23. The molecule has 2 N–H and O–H groups in total. The van der Waals surface area contributed by atoms with Crippen molar-refractivity contribution in [1.82, 2.24) is 10.7 Å². The molecule has 2 aromatic rings. The Labute approximate surface area is 122 Å². The van der Waals surface area contributed by atoms with Gasteiger partial charge in [-0.25, -0.2) is 5.43 Å². The lowest BCUT2D eigenvalue weighted by Gasteiger charge is -2.03. The molecule has 0 radical (unpaired) electrons. The van der Waals surface area contributed by atoms with Gasteiger partial charge in [-0.2, -0.15) is 5.10 Å². The minimum absolute atomic E-state index is 0.301. The van der Waals surface area contributed by atoms with E-state index in [9.17, 15) is 9.59 Å². The minimum Gasteiger partial charge on any atom is -0.344 e. The van der Waals surface area contributed by atoms with Gasteiger partial charge in [0.1, 0.15) is 0 Å². The van der Waals surface area contributed by atoms with Gasteiger partial charge in [0.15, 0.2) is 0 Å². The van der Waals surface area contributed by atoms with Crippen LogP contribution < -0.4 is 10.7 Å². The maximum absolute atomic E-state index is 11.6. The van der Waals surface area contributed by atoms with Crippen molar-refractivity contribution in [3.63, 3.8) is 0 Å². The van der Waals surface area contributed by atoms with E-state index in [0.717, 1.165) is 11.1 Å². The first-order valence-electron chi connectivity index (χ1n) is 6.46. The third-order valence-corrected chi connectivity index (χ3v) is 2.68. The molecule has 0 atom stereocenters. The molecule has 0 spiro atoms. The number of rotatable bonds is 4.